The third kappa shape index (κ3) is 6.46. The molecule has 0 aromatic heterocycles. The highest BCUT2D eigenvalue weighted by Gasteiger charge is 2.01. The van der Waals surface area contributed by atoms with Crippen LogP contribution in [0.2, 0.25) is 0 Å². The Hall–Kier alpha value is -0.470. The van der Waals surface area contributed by atoms with Gasteiger partial charge in [-0.15, -0.1) is 11.8 Å². The number of hydrogen-bond donors (Lipinski definition) is 1. The van der Waals surface area contributed by atoms with Gasteiger partial charge in [-0.3, -0.25) is 0 Å². The molecule has 0 spiro atoms. The summed E-state index contributed by atoms with van der Waals surface area (Å²) < 4.78 is 0. The smallest absolute Gasteiger partial charge is 0.0205 e. The summed E-state index contributed by atoms with van der Waals surface area (Å²) in [5.41, 5.74) is 1.38. The van der Waals surface area contributed by atoms with E-state index >= 15 is 0 Å². The van der Waals surface area contributed by atoms with Crippen LogP contribution >= 0.6 is 11.8 Å². The minimum absolute atomic E-state index is 0.718. The van der Waals surface area contributed by atoms with Crippen LogP contribution in [0.4, 0.5) is 0 Å². The first kappa shape index (κ1) is 15.6. The second kappa shape index (κ2) is 8.60. The van der Waals surface area contributed by atoms with Gasteiger partial charge >= 0.3 is 0 Å². The fraction of sp³-hybridized carbons (Fsp3) is 0.625. The molecule has 2 heteroatoms. The van der Waals surface area contributed by atoms with Gasteiger partial charge in [0.15, 0.2) is 0 Å². The lowest BCUT2D eigenvalue weighted by molar-refractivity contribution is 0.552. The molecular weight excluding hydrogens is 238 g/mol. The Balaban J connectivity index is 2.33. The largest absolute Gasteiger partial charge is 0.312 e. The Morgan fingerprint density at radius 1 is 1.11 bits per heavy atom. The summed E-state index contributed by atoms with van der Waals surface area (Å²) in [7, 11) is 0. The fourth-order valence-corrected chi connectivity index (χ4v) is 2.61. The zero-order valence-electron chi connectivity index (χ0n) is 12.2. The summed E-state index contributed by atoms with van der Waals surface area (Å²) in [5.74, 6) is 2.75. The molecule has 0 saturated carbocycles. The molecule has 18 heavy (non-hydrogen) atoms. The summed E-state index contributed by atoms with van der Waals surface area (Å²) in [5, 5.41) is 3.47. The van der Waals surface area contributed by atoms with Crippen molar-refractivity contribution in [3.63, 3.8) is 0 Å². The Bertz CT molecular complexity index is 318. The lowest BCUT2D eigenvalue weighted by atomic mass is 10.2. The molecule has 0 bridgehead atoms. The molecule has 0 aliphatic heterocycles. The molecule has 0 saturated heterocycles. The number of nitrogens with one attached hydrogen (secondary N) is 1. The molecule has 1 atom stereocenters. The van der Waals surface area contributed by atoms with E-state index in [0.717, 1.165) is 24.9 Å². The van der Waals surface area contributed by atoms with Crippen LogP contribution in [0.25, 0.3) is 0 Å². The molecule has 1 N–H and O–H groups in total. The predicted molar refractivity (Wildman–Crippen MR) is 83.2 cm³/mol. The summed E-state index contributed by atoms with van der Waals surface area (Å²) in [6, 6.07) is 8.98. The number of benzene rings is 1. The molecular formula is C16H27NS. The average molecular weight is 265 g/mol. The van der Waals surface area contributed by atoms with E-state index in [4.69, 9.17) is 0 Å². The summed E-state index contributed by atoms with van der Waals surface area (Å²) in [4.78, 5) is 1.39. The van der Waals surface area contributed by atoms with E-state index < -0.39 is 0 Å². The van der Waals surface area contributed by atoms with Crippen molar-refractivity contribution >= 4 is 11.8 Å². The molecule has 0 aliphatic rings. The van der Waals surface area contributed by atoms with E-state index in [-0.39, 0.29) is 0 Å². The lowest BCUT2D eigenvalue weighted by Gasteiger charge is -2.09. The second-order valence-corrected chi connectivity index (χ2v) is 6.59. The van der Waals surface area contributed by atoms with Crippen molar-refractivity contribution < 1.29 is 0 Å². The summed E-state index contributed by atoms with van der Waals surface area (Å²) >= 11 is 1.97. The highest BCUT2D eigenvalue weighted by molar-refractivity contribution is 7.99. The van der Waals surface area contributed by atoms with Crippen molar-refractivity contribution in [3.05, 3.63) is 29.8 Å². The van der Waals surface area contributed by atoms with Crippen molar-refractivity contribution in [2.75, 3.05) is 12.3 Å². The van der Waals surface area contributed by atoms with Crippen LogP contribution < -0.4 is 5.32 Å². The van der Waals surface area contributed by atoms with Gasteiger partial charge < -0.3 is 5.32 Å². The SMILES string of the molecule is CCC(C)CSc1ccc(CNCC(C)C)cc1. The second-order valence-electron chi connectivity index (χ2n) is 5.49. The summed E-state index contributed by atoms with van der Waals surface area (Å²) in [6.07, 6.45) is 1.27. The van der Waals surface area contributed by atoms with Crippen molar-refractivity contribution in [1.82, 2.24) is 5.32 Å². The van der Waals surface area contributed by atoms with E-state index in [1.54, 1.807) is 0 Å². The number of hydrogen-bond acceptors (Lipinski definition) is 2. The maximum Gasteiger partial charge on any atom is 0.0205 e. The Labute approximate surface area is 117 Å². The van der Waals surface area contributed by atoms with E-state index in [1.807, 2.05) is 11.8 Å². The molecule has 0 radical (unpaired) electrons. The normalized spacial score (nSPS) is 12.9. The molecule has 1 aromatic carbocycles. The molecule has 1 unspecified atom stereocenters. The van der Waals surface area contributed by atoms with Crippen LogP contribution in [0.5, 0.6) is 0 Å². The van der Waals surface area contributed by atoms with Gasteiger partial charge in [0.05, 0.1) is 0 Å². The van der Waals surface area contributed by atoms with E-state index in [9.17, 15) is 0 Å². The molecule has 1 rings (SSSR count). The molecule has 1 aromatic rings. The van der Waals surface area contributed by atoms with Crippen LogP contribution in [0.15, 0.2) is 29.2 Å². The Morgan fingerprint density at radius 3 is 2.33 bits per heavy atom. The van der Waals surface area contributed by atoms with Crippen molar-refractivity contribution in [2.24, 2.45) is 11.8 Å². The maximum atomic E-state index is 3.47. The zero-order chi connectivity index (χ0) is 13.4. The molecule has 0 aliphatic carbocycles. The molecule has 0 amide bonds. The highest BCUT2D eigenvalue weighted by Crippen LogP contribution is 2.22. The van der Waals surface area contributed by atoms with E-state index in [1.165, 1.54) is 22.6 Å². The maximum absolute atomic E-state index is 3.47. The van der Waals surface area contributed by atoms with Crippen LogP contribution in [0.3, 0.4) is 0 Å². The Kier molecular flexibility index (Phi) is 7.45. The van der Waals surface area contributed by atoms with Gasteiger partial charge in [0, 0.05) is 17.2 Å². The first-order chi connectivity index (χ1) is 8.61. The first-order valence-electron chi connectivity index (χ1n) is 7.04. The molecule has 1 nitrogen and oxygen atoms in total. The van der Waals surface area contributed by atoms with E-state index in [0.29, 0.717) is 0 Å². The first-order valence-corrected chi connectivity index (χ1v) is 8.02. The van der Waals surface area contributed by atoms with Gasteiger partial charge in [-0.1, -0.05) is 46.2 Å². The van der Waals surface area contributed by atoms with Crippen LogP contribution in [-0.4, -0.2) is 12.3 Å². The molecule has 102 valence electrons. The van der Waals surface area contributed by atoms with Gasteiger partial charge in [-0.05, 0) is 36.1 Å². The average Bonchev–Trinajstić information content (AvgIpc) is 2.37. The third-order valence-corrected chi connectivity index (χ3v) is 4.38. The van der Waals surface area contributed by atoms with Gasteiger partial charge in [0.2, 0.25) is 0 Å². The predicted octanol–water partition coefficient (Wildman–Crippen LogP) is 4.57. The lowest BCUT2D eigenvalue weighted by Crippen LogP contribution is -2.18. The van der Waals surface area contributed by atoms with Gasteiger partial charge in [-0.2, -0.15) is 0 Å². The number of thioether (sulfide) groups is 1. The standard InChI is InChI=1S/C16H27NS/c1-5-14(4)12-18-16-8-6-15(7-9-16)11-17-10-13(2)3/h6-9,13-14,17H,5,10-12H2,1-4H3. The van der Waals surface area contributed by atoms with Crippen LogP contribution in [-0.2, 0) is 6.54 Å². The minimum Gasteiger partial charge on any atom is -0.312 e. The van der Waals surface area contributed by atoms with Crippen molar-refractivity contribution in [1.29, 1.82) is 0 Å². The van der Waals surface area contributed by atoms with Crippen molar-refractivity contribution in [2.45, 2.75) is 45.6 Å². The zero-order valence-corrected chi connectivity index (χ0v) is 13.0. The fourth-order valence-electron chi connectivity index (χ4n) is 1.57. The summed E-state index contributed by atoms with van der Waals surface area (Å²) in [6.45, 7) is 11.1. The van der Waals surface area contributed by atoms with Gasteiger partial charge in [0.1, 0.15) is 0 Å². The molecule has 0 heterocycles. The van der Waals surface area contributed by atoms with E-state index in [2.05, 4.69) is 57.3 Å². The Morgan fingerprint density at radius 2 is 1.78 bits per heavy atom. The third-order valence-electron chi connectivity index (χ3n) is 3.04. The minimum atomic E-state index is 0.718. The van der Waals surface area contributed by atoms with Crippen LogP contribution in [0, 0.1) is 11.8 Å². The quantitative estimate of drug-likeness (QED) is 0.691. The van der Waals surface area contributed by atoms with Crippen molar-refractivity contribution in [3.8, 4) is 0 Å². The van der Waals surface area contributed by atoms with Crippen LogP contribution in [0.1, 0.15) is 39.7 Å². The number of rotatable bonds is 8. The van der Waals surface area contributed by atoms with Gasteiger partial charge in [-0.25, -0.2) is 0 Å². The molecule has 0 fully saturated rings. The van der Waals surface area contributed by atoms with Gasteiger partial charge in [0.25, 0.3) is 0 Å². The highest BCUT2D eigenvalue weighted by atomic mass is 32.2. The topological polar surface area (TPSA) is 12.0 Å². The monoisotopic (exact) mass is 265 g/mol.